The second-order valence-corrected chi connectivity index (χ2v) is 20.3. The molecule has 2 saturated heterocycles. The van der Waals surface area contributed by atoms with Gasteiger partial charge in [-0.25, -0.2) is 44.4 Å². The predicted octanol–water partition coefficient (Wildman–Crippen LogP) is 8.35. The molecule has 20 heteroatoms. The van der Waals surface area contributed by atoms with Gasteiger partial charge in [0.1, 0.15) is 23.3 Å². The Morgan fingerprint density at radius 3 is 1.32 bits per heavy atom. The van der Waals surface area contributed by atoms with E-state index in [4.69, 9.17) is 23.2 Å². The van der Waals surface area contributed by atoms with E-state index in [1.165, 1.54) is 79.8 Å². The zero-order valence-corrected chi connectivity index (χ0v) is 36.3. The van der Waals surface area contributed by atoms with E-state index < -0.39 is 43.3 Å². The molecule has 4 aromatic carbocycles. The molecular weight excluding hydrogens is 904 g/mol. The number of hydrogen-bond acceptors (Lipinski definition) is 10. The summed E-state index contributed by atoms with van der Waals surface area (Å²) < 4.78 is 107. The summed E-state index contributed by atoms with van der Waals surface area (Å²) in [7, 11) is -7.46. The van der Waals surface area contributed by atoms with E-state index in [-0.39, 0.29) is 22.9 Å². The van der Waals surface area contributed by atoms with Crippen molar-refractivity contribution in [2.45, 2.75) is 22.6 Å². The average Bonchev–Trinajstić information content (AvgIpc) is 3.87. The molecule has 0 spiro atoms. The third kappa shape index (κ3) is 10.8. The topological polar surface area (TPSA) is 107 Å². The highest BCUT2D eigenvalue weighted by molar-refractivity contribution is 7.89. The zero-order valence-electron chi connectivity index (χ0n) is 31.5. The molecule has 60 heavy (non-hydrogen) atoms. The Balaban J connectivity index is 0.000000181. The molecule has 0 bridgehead atoms. The van der Waals surface area contributed by atoms with Crippen molar-refractivity contribution in [3.05, 3.63) is 152 Å². The number of rotatable bonds is 10. The summed E-state index contributed by atoms with van der Waals surface area (Å²) in [6.07, 6.45) is 0.920. The van der Waals surface area contributed by atoms with Gasteiger partial charge < -0.3 is 9.80 Å². The van der Waals surface area contributed by atoms with Crippen LogP contribution in [0.1, 0.15) is 22.5 Å². The van der Waals surface area contributed by atoms with Crippen LogP contribution in [0.4, 0.5) is 27.8 Å². The maximum absolute atomic E-state index is 13.4. The average molecular weight is 940 g/mol. The van der Waals surface area contributed by atoms with Gasteiger partial charge in [0.25, 0.3) is 0 Å². The monoisotopic (exact) mass is 938 g/mol. The zero-order chi connectivity index (χ0) is 42.6. The molecule has 0 atom stereocenters. The molecule has 6 aromatic rings. The summed E-state index contributed by atoms with van der Waals surface area (Å²) in [4.78, 5) is 13.2. The fraction of sp³-hybridized carbons (Fsp3) is 0.250. The van der Waals surface area contributed by atoms with E-state index >= 15 is 0 Å². The Bertz CT molecular complexity index is 2470. The van der Waals surface area contributed by atoms with Crippen molar-refractivity contribution in [3.63, 3.8) is 0 Å². The van der Waals surface area contributed by atoms with Crippen molar-refractivity contribution in [1.29, 1.82) is 0 Å². The Labute approximate surface area is 363 Å². The fourth-order valence-corrected chi connectivity index (χ4v) is 11.9. The first-order chi connectivity index (χ1) is 28.6. The van der Waals surface area contributed by atoms with Crippen molar-refractivity contribution < 1.29 is 34.4 Å². The predicted molar refractivity (Wildman–Crippen MR) is 227 cm³/mol. The van der Waals surface area contributed by atoms with Crippen LogP contribution in [-0.4, -0.2) is 87.8 Å². The first kappa shape index (κ1) is 43.9. The Morgan fingerprint density at radius 1 is 0.517 bits per heavy atom. The largest absolute Gasteiger partial charge is 0.345 e. The second-order valence-electron chi connectivity index (χ2n) is 13.8. The maximum atomic E-state index is 13.4. The van der Waals surface area contributed by atoms with Crippen LogP contribution in [0.5, 0.6) is 0 Å². The smallest absolute Gasteiger partial charge is 0.243 e. The Hall–Kier alpha value is -4.14. The standard InChI is InChI=1S/C20H18Cl2FN3O2S2.C20H18F3N3O2S2/c21-15-8-14(9-16(22)11-15)10-18-13-29-20(24-18)25-4-6-26(7-5-25)30(27,28)19-3-1-2-17(23)12-19;21-15-2-1-3-19(12-15)30(27,28)26-6-4-25(5-7-26)20-24-18(13-29-20)10-14-8-16(22)11-17(23)9-14/h2*1-3,8-9,11-13H,4-7,10H2. The van der Waals surface area contributed by atoms with Gasteiger partial charge in [0.05, 0.1) is 21.2 Å². The summed E-state index contributed by atoms with van der Waals surface area (Å²) in [5.74, 6) is -2.42. The third-order valence-electron chi connectivity index (χ3n) is 9.58. The highest BCUT2D eigenvalue weighted by Crippen LogP contribution is 2.28. The Kier molecular flexibility index (Phi) is 13.8. The van der Waals surface area contributed by atoms with E-state index in [9.17, 15) is 34.4 Å². The number of anilines is 2. The van der Waals surface area contributed by atoms with Gasteiger partial charge in [0.15, 0.2) is 10.3 Å². The molecule has 2 aliphatic rings. The number of aromatic nitrogens is 2. The number of hydrogen-bond donors (Lipinski definition) is 0. The molecule has 2 aliphatic heterocycles. The number of nitrogens with zero attached hydrogens (tertiary/aromatic N) is 6. The van der Waals surface area contributed by atoms with Crippen LogP contribution in [0.2, 0.25) is 10.0 Å². The van der Waals surface area contributed by atoms with Crippen molar-refractivity contribution >= 4 is 76.2 Å². The molecule has 0 saturated carbocycles. The van der Waals surface area contributed by atoms with E-state index in [1.54, 1.807) is 6.07 Å². The lowest BCUT2D eigenvalue weighted by atomic mass is 10.1. The maximum Gasteiger partial charge on any atom is 0.243 e. The molecule has 10 nitrogen and oxygen atoms in total. The summed E-state index contributed by atoms with van der Waals surface area (Å²) in [6.45, 7) is 3.06. The molecule has 8 rings (SSSR count). The van der Waals surface area contributed by atoms with E-state index in [1.807, 2.05) is 27.8 Å². The number of sulfonamides is 2. The lowest BCUT2D eigenvalue weighted by molar-refractivity contribution is 0.384. The summed E-state index contributed by atoms with van der Waals surface area (Å²) in [6, 6.07) is 18.9. The van der Waals surface area contributed by atoms with Crippen LogP contribution in [0.3, 0.4) is 0 Å². The van der Waals surface area contributed by atoms with E-state index in [2.05, 4.69) is 14.9 Å². The first-order valence-electron chi connectivity index (χ1n) is 18.4. The molecule has 2 fully saturated rings. The summed E-state index contributed by atoms with van der Waals surface area (Å²) in [5.41, 5.74) is 3.07. The molecule has 0 radical (unpaired) electrons. The van der Waals surface area contributed by atoms with Gasteiger partial charge >= 0.3 is 0 Å². The molecule has 316 valence electrons. The SMILES string of the molecule is O=S(=O)(c1cccc(F)c1)N1CCN(c2nc(Cc3cc(Cl)cc(Cl)c3)cs2)CC1.O=S(=O)(c1cccc(F)c1)N1CCN(c2nc(Cc3cc(F)cc(F)c3)cs2)CC1. The summed E-state index contributed by atoms with van der Waals surface area (Å²) in [5, 5.41) is 6.56. The van der Waals surface area contributed by atoms with Crippen LogP contribution < -0.4 is 9.80 Å². The number of benzene rings is 4. The molecule has 0 amide bonds. The first-order valence-corrected chi connectivity index (χ1v) is 23.8. The fourth-order valence-electron chi connectivity index (χ4n) is 6.68. The molecule has 0 unspecified atom stereocenters. The quantitative estimate of drug-likeness (QED) is 0.126. The lowest BCUT2D eigenvalue weighted by Gasteiger charge is -2.33. The molecule has 0 aliphatic carbocycles. The highest BCUT2D eigenvalue weighted by atomic mass is 35.5. The van der Waals surface area contributed by atoms with E-state index in [0.717, 1.165) is 39.7 Å². The number of halogens is 6. The van der Waals surface area contributed by atoms with Crippen LogP contribution >= 0.6 is 45.9 Å². The van der Waals surface area contributed by atoms with Gasteiger partial charge in [-0.05, 0) is 77.9 Å². The molecule has 0 N–H and O–H groups in total. The van der Waals surface area contributed by atoms with Gasteiger partial charge in [-0.15, -0.1) is 22.7 Å². The van der Waals surface area contributed by atoms with Crippen LogP contribution in [0.15, 0.2) is 105 Å². The van der Waals surface area contributed by atoms with E-state index in [0.29, 0.717) is 73.4 Å². The summed E-state index contributed by atoms with van der Waals surface area (Å²) >= 11 is 15.0. The molecule has 2 aromatic heterocycles. The van der Waals surface area contributed by atoms with Gasteiger partial charge in [0.2, 0.25) is 20.0 Å². The van der Waals surface area contributed by atoms with Crippen molar-refractivity contribution in [3.8, 4) is 0 Å². The van der Waals surface area contributed by atoms with Crippen LogP contribution in [0.25, 0.3) is 0 Å². The van der Waals surface area contributed by atoms with Crippen LogP contribution in [0, 0.1) is 23.3 Å². The van der Waals surface area contributed by atoms with Crippen molar-refractivity contribution in [2.75, 3.05) is 62.2 Å². The lowest BCUT2D eigenvalue weighted by Crippen LogP contribution is -2.48. The number of piperazine rings is 2. The normalized spacial score (nSPS) is 15.5. The van der Waals surface area contributed by atoms with Gasteiger partial charge in [-0.2, -0.15) is 8.61 Å². The number of thiazole rings is 2. The van der Waals surface area contributed by atoms with Crippen molar-refractivity contribution in [2.24, 2.45) is 0 Å². The van der Waals surface area contributed by atoms with Gasteiger partial charge in [-0.1, -0.05) is 35.3 Å². The van der Waals surface area contributed by atoms with Gasteiger partial charge in [0, 0.05) is 92.1 Å². The Morgan fingerprint density at radius 2 is 0.917 bits per heavy atom. The van der Waals surface area contributed by atoms with Crippen molar-refractivity contribution in [1.82, 2.24) is 18.6 Å². The molecule has 4 heterocycles. The second kappa shape index (κ2) is 18.9. The minimum atomic E-state index is -3.76. The minimum absolute atomic E-state index is 0.0207. The van der Waals surface area contributed by atoms with Crippen LogP contribution in [-0.2, 0) is 32.9 Å². The highest BCUT2D eigenvalue weighted by Gasteiger charge is 2.31. The third-order valence-corrected chi connectivity index (χ3v) is 15.7. The minimum Gasteiger partial charge on any atom is -0.345 e. The van der Waals surface area contributed by atoms with Gasteiger partial charge in [-0.3, -0.25) is 0 Å². The molecular formula is C40H36Cl2F4N6O4S4.